The first-order valence-electron chi connectivity index (χ1n) is 11.3. The van der Waals surface area contributed by atoms with E-state index in [4.69, 9.17) is 14.6 Å². The molecule has 0 saturated carbocycles. The normalized spacial score (nSPS) is 28.9. The fourth-order valence-corrected chi connectivity index (χ4v) is 4.86. The summed E-state index contributed by atoms with van der Waals surface area (Å²) in [6.45, 7) is 11.1. The summed E-state index contributed by atoms with van der Waals surface area (Å²) in [5.74, 6) is -1.35. The van der Waals surface area contributed by atoms with E-state index in [1.807, 2.05) is 0 Å². The number of carboxylic acids is 2. The molecule has 8 heteroatoms. The van der Waals surface area contributed by atoms with Crippen LogP contribution in [0.1, 0.15) is 72.6 Å². The van der Waals surface area contributed by atoms with Gasteiger partial charge in [0.25, 0.3) is 0 Å². The van der Waals surface area contributed by atoms with Crippen molar-refractivity contribution in [2.75, 3.05) is 26.3 Å². The van der Waals surface area contributed by atoms with Crippen LogP contribution < -0.4 is 10.6 Å². The van der Waals surface area contributed by atoms with Crippen LogP contribution in [0.15, 0.2) is 0 Å². The Morgan fingerprint density at radius 2 is 1.37 bits per heavy atom. The van der Waals surface area contributed by atoms with Crippen molar-refractivity contribution in [2.24, 2.45) is 17.3 Å². The predicted molar refractivity (Wildman–Crippen MR) is 113 cm³/mol. The largest absolute Gasteiger partial charge is 0.481 e. The fraction of sp³-hybridized carbons (Fsp3) is 0.909. The maximum atomic E-state index is 12.6. The Balaban J connectivity index is 2.20. The summed E-state index contributed by atoms with van der Waals surface area (Å²) in [4.78, 5) is 23.6. The summed E-state index contributed by atoms with van der Waals surface area (Å²) >= 11 is 0. The van der Waals surface area contributed by atoms with Crippen molar-refractivity contribution in [1.29, 1.82) is 0 Å². The number of hydrogen-bond acceptors (Lipinski definition) is 6. The summed E-state index contributed by atoms with van der Waals surface area (Å²) in [6, 6.07) is 0. The van der Waals surface area contributed by atoms with Crippen molar-refractivity contribution in [1.82, 2.24) is 10.6 Å². The molecule has 174 valence electrons. The summed E-state index contributed by atoms with van der Waals surface area (Å²) < 4.78 is 12.0. The molecule has 2 atom stereocenters. The van der Waals surface area contributed by atoms with Gasteiger partial charge in [0.15, 0.2) is 0 Å². The molecule has 8 nitrogen and oxygen atoms in total. The minimum absolute atomic E-state index is 0.0246. The molecule has 0 radical (unpaired) electrons. The Kier molecular flexibility index (Phi) is 8.68. The molecule has 0 aromatic rings. The van der Waals surface area contributed by atoms with Gasteiger partial charge in [0.1, 0.15) is 11.4 Å². The number of ether oxygens (including phenoxy) is 2. The molecule has 2 aliphatic heterocycles. The molecular formula is C22H40N2O6. The average molecular weight is 429 g/mol. The van der Waals surface area contributed by atoms with Crippen molar-refractivity contribution >= 4 is 11.9 Å². The van der Waals surface area contributed by atoms with Crippen LogP contribution in [0, 0.1) is 17.3 Å². The van der Waals surface area contributed by atoms with Crippen molar-refractivity contribution in [3.05, 3.63) is 0 Å². The molecule has 0 aromatic carbocycles. The second kappa shape index (κ2) is 10.4. The van der Waals surface area contributed by atoms with Gasteiger partial charge in [-0.15, -0.1) is 0 Å². The Bertz CT molecular complexity index is 548. The van der Waals surface area contributed by atoms with E-state index in [0.717, 1.165) is 13.1 Å². The van der Waals surface area contributed by atoms with Crippen LogP contribution in [-0.4, -0.2) is 59.9 Å². The number of carboxylic acid groups (broad SMARTS) is 2. The second-order valence-electron chi connectivity index (χ2n) is 9.47. The van der Waals surface area contributed by atoms with Crippen LogP contribution in [0.5, 0.6) is 0 Å². The third-order valence-corrected chi connectivity index (χ3v) is 7.09. The van der Waals surface area contributed by atoms with Gasteiger partial charge in [0, 0.05) is 19.5 Å². The van der Waals surface area contributed by atoms with Crippen LogP contribution in [0.2, 0.25) is 0 Å². The highest BCUT2D eigenvalue weighted by molar-refractivity contribution is 5.74. The topological polar surface area (TPSA) is 117 Å². The van der Waals surface area contributed by atoms with Crippen LogP contribution in [0.4, 0.5) is 0 Å². The Morgan fingerprint density at radius 1 is 0.900 bits per heavy atom. The molecule has 4 N–H and O–H groups in total. The van der Waals surface area contributed by atoms with Gasteiger partial charge in [-0.1, -0.05) is 27.7 Å². The third kappa shape index (κ3) is 5.72. The van der Waals surface area contributed by atoms with E-state index in [1.165, 1.54) is 0 Å². The van der Waals surface area contributed by atoms with Crippen LogP contribution >= 0.6 is 0 Å². The van der Waals surface area contributed by atoms with Gasteiger partial charge in [0.2, 0.25) is 0 Å². The highest BCUT2D eigenvalue weighted by atomic mass is 16.5. The van der Waals surface area contributed by atoms with Gasteiger partial charge >= 0.3 is 11.9 Å². The minimum atomic E-state index is -1.01. The van der Waals surface area contributed by atoms with Crippen LogP contribution in [-0.2, 0) is 19.1 Å². The first kappa shape index (κ1) is 25.0. The molecule has 0 spiro atoms. The van der Waals surface area contributed by atoms with Gasteiger partial charge in [-0.2, -0.15) is 0 Å². The number of nitrogens with one attached hydrogen (secondary N) is 2. The molecule has 2 aliphatic rings. The zero-order chi connectivity index (χ0) is 22.4. The van der Waals surface area contributed by atoms with E-state index in [-0.39, 0.29) is 18.3 Å². The number of aliphatic carboxylic acids is 2. The lowest BCUT2D eigenvalue weighted by molar-refractivity contribution is -0.154. The molecule has 2 heterocycles. The molecule has 2 unspecified atom stereocenters. The monoisotopic (exact) mass is 428 g/mol. The second-order valence-corrected chi connectivity index (χ2v) is 9.47. The van der Waals surface area contributed by atoms with Gasteiger partial charge in [-0.25, -0.2) is 0 Å². The number of rotatable bonds is 13. The van der Waals surface area contributed by atoms with Crippen molar-refractivity contribution in [3.63, 3.8) is 0 Å². The first-order chi connectivity index (χ1) is 14.1. The third-order valence-electron chi connectivity index (χ3n) is 7.09. The molecule has 0 bridgehead atoms. The molecule has 2 rings (SSSR count). The van der Waals surface area contributed by atoms with Crippen molar-refractivity contribution in [3.8, 4) is 0 Å². The molecule has 2 fully saturated rings. The van der Waals surface area contributed by atoms with Gasteiger partial charge in [-0.3, -0.25) is 20.2 Å². The zero-order valence-electron chi connectivity index (χ0n) is 19.0. The molecule has 30 heavy (non-hydrogen) atoms. The highest BCUT2D eigenvalue weighted by Gasteiger charge is 2.47. The van der Waals surface area contributed by atoms with E-state index >= 15 is 0 Å². The van der Waals surface area contributed by atoms with Gasteiger partial charge < -0.3 is 19.7 Å². The van der Waals surface area contributed by atoms with E-state index in [9.17, 15) is 14.7 Å². The van der Waals surface area contributed by atoms with Crippen molar-refractivity contribution in [2.45, 2.75) is 84.1 Å². The lowest BCUT2D eigenvalue weighted by atomic mass is 9.71. The van der Waals surface area contributed by atoms with E-state index in [2.05, 4.69) is 38.3 Å². The predicted octanol–water partition coefficient (Wildman–Crippen LogP) is 2.82. The lowest BCUT2D eigenvalue weighted by Crippen LogP contribution is -2.49. The van der Waals surface area contributed by atoms with E-state index in [1.54, 1.807) is 0 Å². The molecule has 2 saturated heterocycles. The van der Waals surface area contributed by atoms with E-state index < -0.39 is 28.8 Å². The summed E-state index contributed by atoms with van der Waals surface area (Å²) in [5, 5.41) is 26.3. The summed E-state index contributed by atoms with van der Waals surface area (Å²) in [5.41, 5.74) is -2.06. The number of carbonyl (C=O) groups is 2. The molecule has 0 aliphatic carbocycles. The summed E-state index contributed by atoms with van der Waals surface area (Å²) in [6.07, 6.45) is 2.66. The maximum absolute atomic E-state index is 12.6. The zero-order valence-corrected chi connectivity index (χ0v) is 19.0. The Hall–Kier alpha value is -1.22. The standard InChI is InChI=1S/C22H40N2O6/c1-16(2)21(23-12-14-29-21)10-8-20(19(27)28,7-5-6-18(25)26)9-11-22(17(3)4)24-13-15-30-22/h16-17,23-24H,5-15H2,1-4H3,(H,25,26)(H,27,28). The fourth-order valence-electron chi connectivity index (χ4n) is 4.86. The van der Waals surface area contributed by atoms with Gasteiger partial charge in [-0.05, 0) is 50.4 Å². The maximum Gasteiger partial charge on any atom is 0.309 e. The van der Waals surface area contributed by atoms with Crippen LogP contribution in [0.3, 0.4) is 0 Å². The Labute approximate surface area is 180 Å². The van der Waals surface area contributed by atoms with Gasteiger partial charge in [0.05, 0.1) is 18.6 Å². The average Bonchev–Trinajstić information content (AvgIpc) is 3.34. The molecule has 0 amide bonds. The quantitative estimate of drug-likeness (QED) is 0.354. The van der Waals surface area contributed by atoms with Crippen LogP contribution in [0.25, 0.3) is 0 Å². The lowest BCUT2D eigenvalue weighted by Gasteiger charge is -2.40. The highest BCUT2D eigenvalue weighted by Crippen LogP contribution is 2.43. The first-order valence-corrected chi connectivity index (χ1v) is 11.3. The number of hydrogen-bond donors (Lipinski definition) is 4. The molecule has 0 aromatic heterocycles. The SMILES string of the molecule is CC(C)C1(CCC(CCCC(=O)O)(CCC2(C(C)C)NCCO2)C(=O)O)NCCO1. The minimum Gasteiger partial charge on any atom is -0.481 e. The van der Waals surface area contributed by atoms with E-state index in [0.29, 0.717) is 51.7 Å². The Morgan fingerprint density at radius 3 is 1.67 bits per heavy atom. The summed E-state index contributed by atoms with van der Waals surface area (Å²) in [7, 11) is 0. The smallest absolute Gasteiger partial charge is 0.309 e. The van der Waals surface area contributed by atoms with Crippen molar-refractivity contribution < 1.29 is 29.3 Å². The molecular weight excluding hydrogens is 388 g/mol.